The highest BCUT2D eigenvalue weighted by Gasteiger charge is 1.99. The molecule has 0 atom stereocenters. The van der Waals surface area contributed by atoms with Crippen molar-refractivity contribution in [3.8, 4) is 0 Å². The van der Waals surface area contributed by atoms with Crippen LogP contribution in [0.15, 0.2) is 54.6 Å². The van der Waals surface area contributed by atoms with Gasteiger partial charge in [-0.05, 0) is 36.1 Å². The van der Waals surface area contributed by atoms with E-state index in [0.717, 1.165) is 42.4 Å². The van der Waals surface area contributed by atoms with Gasteiger partial charge < -0.3 is 0 Å². The lowest BCUT2D eigenvalue weighted by Crippen LogP contribution is -1.84. The molecule has 0 radical (unpaired) electrons. The number of halogens is 1. The van der Waals surface area contributed by atoms with Crippen LogP contribution in [0.1, 0.15) is 45.1 Å². The van der Waals surface area contributed by atoms with E-state index < -0.39 is 0 Å². The van der Waals surface area contributed by atoms with Crippen molar-refractivity contribution in [1.82, 2.24) is 0 Å². The molecule has 1 aromatic carbocycles. The van der Waals surface area contributed by atoms with Crippen LogP contribution >= 0.6 is 0 Å². The number of hydrogen-bond acceptors (Lipinski definition) is 0. The Morgan fingerprint density at radius 2 is 2.05 bits per heavy atom. The van der Waals surface area contributed by atoms with Crippen molar-refractivity contribution >= 4 is 5.57 Å². The van der Waals surface area contributed by atoms with Gasteiger partial charge in [-0.2, -0.15) is 0 Å². The summed E-state index contributed by atoms with van der Waals surface area (Å²) in [5.74, 6) is -0.193. The molecule has 19 heavy (non-hydrogen) atoms. The van der Waals surface area contributed by atoms with E-state index in [1.54, 1.807) is 12.1 Å². The summed E-state index contributed by atoms with van der Waals surface area (Å²) in [4.78, 5) is 0. The Morgan fingerprint density at radius 3 is 2.68 bits per heavy atom. The van der Waals surface area contributed by atoms with E-state index >= 15 is 0 Å². The zero-order valence-electron chi connectivity index (χ0n) is 12.0. The van der Waals surface area contributed by atoms with Gasteiger partial charge >= 0.3 is 0 Å². The Hall–Kier alpha value is -1.63. The molecular formula is C18H23F. The fourth-order valence-electron chi connectivity index (χ4n) is 1.74. The molecular weight excluding hydrogens is 235 g/mol. The van der Waals surface area contributed by atoms with Crippen molar-refractivity contribution in [1.29, 1.82) is 0 Å². The monoisotopic (exact) mass is 258 g/mol. The van der Waals surface area contributed by atoms with Crippen molar-refractivity contribution in [3.63, 3.8) is 0 Å². The van der Waals surface area contributed by atoms with Crippen molar-refractivity contribution in [2.24, 2.45) is 0 Å². The maximum absolute atomic E-state index is 13.3. The molecule has 0 aliphatic carbocycles. The van der Waals surface area contributed by atoms with Gasteiger partial charge in [0.15, 0.2) is 0 Å². The molecule has 0 fully saturated rings. The number of unbranched alkanes of at least 4 members (excludes halogenated alkanes) is 2. The summed E-state index contributed by atoms with van der Waals surface area (Å²) in [5, 5.41) is 0. The average Bonchev–Trinajstić information content (AvgIpc) is 2.42. The van der Waals surface area contributed by atoms with Crippen molar-refractivity contribution < 1.29 is 4.39 Å². The first-order chi connectivity index (χ1) is 9.17. The van der Waals surface area contributed by atoms with Gasteiger partial charge in [-0.1, -0.05) is 69.2 Å². The number of hydrogen-bond donors (Lipinski definition) is 0. The lowest BCUT2D eigenvalue weighted by molar-refractivity contribution is 0.627. The summed E-state index contributed by atoms with van der Waals surface area (Å²) < 4.78 is 13.3. The summed E-state index contributed by atoms with van der Waals surface area (Å²) in [6.07, 6.45) is 10.5. The van der Waals surface area contributed by atoms with Gasteiger partial charge in [0.25, 0.3) is 0 Å². The molecule has 0 saturated heterocycles. The van der Waals surface area contributed by atoms with Crippen LogP contribution in [0, 0.1) is 5.82 Å². The van der Waals surface area contributed by atoms with Crippen LogP contribution in [-0.2, 0) is 0 Å². The Morgan fingerprint density at radius 1 is 1.26 bits per heavy atom. The van der Waals surface area contributed by atoms with Crippen LogP contribution in [0.2, 0.25) is 0 Å². The Bertz CT molecular complexity index is 466. The van der Waals surface area contributed by atoms with Gasteiger partial charge in [-0.25, -0.2) is 4.39 Å². The fourth-order valence-corrected chi connectivity index (χ4v) is 1.74. The maximum Gasteiger partial charge on any atom is 0.123 e. The van der Waals surface area contributed by atoms with E-state index in [-0.39, 0.29) is 5.82 Å². The molecule has 0 nitrogen and oxygen atoms in total. The van der Waals surface area contributed by atoms with Crippen LogP contribution in [0.3, 0.4) is 0 Å². The van der Waals surface area contributed by atoms with E-state index in [0.29, 0.717) is 0 Å². The van der Waals surface area contributed by atoms with Crippen molar-refractivity contribution in [2.45, 2.75) is 39.5 Å². The summed E-state index contributed by atoms with van der Waals surface area (Å²) >= 11 is 0. The molecule has 0 N–H and O–H groups in total. The summed E-state index contributed by atoms with van der Waals surface area (Å²) in [5.41, 5.74) is 3.08. The Balaban J connectivity index is 2.95. The van der Waals surface area contributed by atoms with E-state index in [9.17, 15) is 4.39 Å². The van der Waals surface area contributed by atoms with Crippen LogP contribution in [0.4, 0.5) is 4.39 Å². The number of benzene rings is 1. The normalized spacial score (nSPS) is 12.1. The van der Waals surface area contributed by atoms with Crippen LogP contribution in [0.25, 0.3) is 5.57 Å². The third-order valence-corrected chi connectivity index (χ3v) is 3.03. The molecule has 0 bridgehead atoms. The molecule has 102 valence electrons. The van der Waals surface area contributed by atoms with Crippen LogP contribution in [0.5, 0.6) is 0 Å². The third kappa shape index (κ3) is 5.69. The fraction of sp³-hybridized carbons (Fsp3) is 0.333. The molecule has 0 amide bonds. The zero-order valence-corrected chi connectivity index (χ0v) is 12.0. The number of allylic oxidation sites excluding steroid dienone is 5. The SMILES string of the molecule is C=C(/C=C\C(=C/CCCC)c1cccc(F)c1)CC. The van der Waals surface area contributed by atoms with E-state index in [1.807, 2.05) is 18.2 Å². The van der Waals surface area contributed by atoms with Gasteiger partial charge in [0.2, 0.25) is 0 Å². The molecule has 0 unspecified atom stereocenters. The molecule has 0 heterocycles. The molecule has 1 rings (SSSR count). The zero-order chi connectivity index (χ0) is 14.1. The lowest BCUT2D eigenvalue weighted by Gasteiger charge is -2.04. The van der Waals surface area contributed by atoms with Crippen molar-refractivity contribution in [2.75, 3.05) is 0 Å². The second-order valence-electron chi connectivity index (χ2n) is 4.66. The molecule has 0 aliphatic heterocycles. The minimum Gasteiger partial charge on any atom is -0.207 e. The minimum absolute atomic E-state index is 0.193. The minimum atomic E-state index is -0.193. The van der Waals surface area contributed by atoms with Gasteiger partial charge in [-0.15, -0.1) is 0 Å². The van der Waals surface area contributed by atoms with Gasteiger partial charge in [0.05, 0.1) is 0 Å². The highest BCUT2D eigenvalue weighted by molar-refractivity contribution is 5.74. The van der Waals surface area contributed by atoms with E-state index in [1.165, 1.54) is 6.07 Å². The molecule has 1 heteroatoms. The average molecular weight is 258 g/mol. The van der Waals surface area contributed by atoms with Gasteiger partial charge in [0.1, 0.15) is 5.82 Å². The van der Waals surface area contributed by atoms with E-state index in [2.05, 4.69) is 26.5 Å². The quantitative estimate of drug-likeness (QED) is 0.420. The topological polar surface area (TPSA) is 0 Å². The second-order valence-corrected chi connectivity index (χ2v) is 4.66. The summed E-state index contributed by atoms with van der Waals surface area (Å²) in [7, 11) is 0. The highest BCUT2D eigenvalue weighted by Crippen LogP contribution is 2.19. The summed E-state index contributed by atoms with van der Waals surface area (Å²) in [6.45, 7) is 8.21. The Labute approximate surface area is 116 Å². The standard InChI is InChI=1S/C18H23F/c1-4-6-7-9-16(13-12-15(3)5-2)17-10-8-11-18(19)14-17/h8-14H,3-7H2,1-2H3/b13-12-,16-9+. The molecule has 1 aromatic rings. The summed E-state index contributed by atoms with van der Waals surface area (Å²) in [6, 6.07) is 6.75. The first-order valence-corrected chi connectivity index (χ1v) is 6.99. The van der Waals surface area contributed by atoms with E-state index in [4.69, 9.17) is 0 Å². The van der Waals surface area contributed by atoms with Crippen molar-refractivity contribution in [3.05, 3.63) is 66.0 Å². The first kappa shape index (κ1) is 15.4. The van der Waals surface area contributed by atoms with Crippen LogP contribution in [-0.4, -0.2) is 0 Å². The Kier molecular flexibility index (Phi) is 6.88. The highest BCUT2D eigenvalue weighted by atomic mass is 19.1. The molecule has 0 aromatic heterocycles. The number of rotatable bonds is 7. The predicted octanol–water partition coefficient (Wildman–Crippen LogP) is 5.92. The molecule has 0 saturated carbocycles. The van der Waals surface area contributed by atoms with Crippen LogP contribution < -0.4 is 0 Å². The molecule has 0 spiro atoms. The third-order valence-electron chi connectivity index (χ3n) is 3.03. The first-order valence-electron chi connectivity index (χ1n) is 6.99. The second kappa shape index (κ2) is 8.47. The molecule has 0 aliphatic rings. The maximum atomic E-state index is 13.3. The lowest BCUT2D eigenvalue weighted by atomic mass is 10.0. The van der Waals surface area contributed by atoms with Gasteiger partial charge in [0, 0.05) is 0 Å². The largest absolute Gasteiger partial charge is 0.207 e. The smallest absolute Gasteiger partial charge is 0.123 e. The van der Waals surface area contributed by atoms with Gasteiger partial charge in [-0.3, -0.25) is 0 Å². The predicted molar refractivity (Wildman–Crippen MR) is 82.5 cm³/mol.